The Kier molecular flexibility index (Phi) is 16.5. The molecule has 18 nitrogen and oxygen atoms in total. The van der Waals surface area contributed by atoms with Gasteiger partial charge in [0.2, 0.25) is 11.8 Å². The quantitative estimate of drug-likeness (QED) is 0.0680. The fourth-order valence-corrected chi connectivity index (χ4v) is 14.1. The highest BCUT2D eigenvalue weighted by Gasteiger charge is 2.44. The first-order valence-corrected chi connectivity index (χ1v) is 30.4. The predicted octanol–water partition coefficient (Wildman–Crippen LogP) is 7.91. The van der Waals surface area contributed by atoms with E-state index >= 15 is 8.78 Å². The Hall–Kier alpha value is -7.35. The second-order valence-electron chi connectivity index (χ2n) is 23.9. The Morgan fingerprint density at radius 1 is 0.940 bits per heavy atom. The maximum atomic E-state index is 17.2. The Labute approximate surface area is 491 Å². The Balaban J connectivity index is 0.641. The number of terminal acetylenes is 1. The third kappa shape index (κ3) is 11.7. The number of aromatic hydroxyl groups is 1. The molecule has 440 valence electrons. The first kappa shape index (κ1) is 57.1. The number of hydrogen-bond donors (Lipinski definition) is 4. The maximum Gasteiger partial charge on any atom is 0.319 e. The van der Waals surface area contributed by atoms with Crippen LogP contribution in [0.2, 0.25) is 0 Å². The van der Waals surface area contributed by atoms with Crippen molar-refractivity contribution in [1.82, 2.24) is 50.4 Å². The number of halogens is 2. The van der Waals surface area contributed by atoms with E-state index in [0.29, 0.717) is 59.7 Å². The number of carbonyl (C=O) groups excluding carboxylic acids is 2. The van der Waals surface area contributed by atoms with Gasteiger partial charge in [-0.25, -0.2) is 13.8 Å². The number of rotatable bonds is 16. The van der Waals surface area contributed by atoms with Crippen LogP contribution in [0.25, 0.3) is 43.4 Å². The van der Waals surface area contributed by atoms with Gasteiger partial charge < -0.3 is 44.8 Å². The number of hydrogen-bond acceptors (Lipinski definition) is 17. The van der Waals surface area contributed by atoms with Crippen LogP contribution >= 0.6 is 11.3 Å². The minimum atomic E-state index is -0.829. The molecule has 12 rings (SSSR count). The molecule has 5 saturated heterocycles. The number of pyridine rings is 1. The Bertz CT molecular complexity index is 3600. The number of phenols is 1. The summed E-state index contributed by atoms with van der Waals surface area (Å²) in [7, 11) is 0. The number of anilines is 2. The fourth-order valence-electron chi connectivity index (χ4n) is 13.3. The van der Waals surface area contributed by atoms with Crippen molar-refractivity contribution in [2.75, 3.05) is 94.9 Å². The molecule has 2 amide bonds. The molecule has 21 heteroatoms. The summed E-state index contributed by atoms with van der Waals surface area (Å²) in [6.07, 6.45) is 10.7. The molecule has 2 bridgehead atoms. The number of ether oxygens (including phenoxy) is 1. The molecule has 5 aliphatic heterocycles. The average Bonchev–Trinajstić information content (AvgIpc) is 1.48. The highest BCUT2D eigenvalue weighted by atomic mass is 32.1. The van der Waals surface area contributed by atoms with E-state index in [-0.39, 0.29) is 82.3 Å². The fraction of sp³-hybridized carbons (Fsp3) is 0.476. The van der Waals surface area contributed by atoms with Crippen LogP contribution in [0.3, 0.4) is 0 Å². The molecule has 7 aromatic rings. The van der Waals surface area contributed by atoms with E-state index in [1.54, 1.807) is 17.5 Å². The number of piperazine rings is 1. The number of nitrogens with zero attached hydrogens (tertiary/aromatic N) is 10. The van der Waals surface area contributed by atoms with Gasteiger partial charge in [-0.1, -0.05) is 55.3 Å². The van der Waals surface area contributed by atoms with Crippen molar-refractivity contribution in [3.63, 3.8) is 0 Å². The minimum absolute atomic E-state index is 0.0148. The predicted molar refractivity (Wildman–Crippen MR) is 319 cm³/mol. The van der Waals surface area contributed by atoms with Crippen LogP contribution in [0.1, 0.15) is 87.4 Å². The normalized spacial score (nSPS) is 21.5. The lowest BCUT2D eigenvalue weighted by molar-refractivity contribution is -0.141. The van der Waals surface area contributed by atoms with Crippen molar-refractivity contribution in [3.05, 3.63) is 101 Å². The van der Waals surface area contributed by atoms with Crippen molar-refractivity contribution in [3.8, 4) is 45.8 Å². The van der Waals surface area contributed by atoms with Crippen LogP contribution in [0.5, 0.6) is 11.8 Å². The zero-order chi connectivity index (χ0) is 58.3. The van der Waals surface area contributed by atoms with Gasteiger partial charge in [-0.2, -0.15) is 9.97 Å². The standard InChI is InChI=1S/C63H72F2N12O6S/c1-6-47-50(64)12-11-43-26-45(78)27-48(55(43)47)57-56(65)58-49(31-67-57)60(76-18-15-40-25-44(33-76)66-30-40)71-63(70-58)82-24-23-73-16-13-39(14-17-73)32-74-19-21-75(22-20-74)53-29-52(83-72-53)54(36(2)3)62(81)77-34-46(79)28-51(77)61(80)69-37(4)41-7-9-42(10-8-41)59-38(5)68-35-84-59/h1,7-12,26-27,29,31,35-37,39-40,44,46,51,54,66,78-79H,13-25,28,30,32-34H2,2-5H3,(H,69,80)/t37-,40?,44?,46+,51-,54+/m0/s1. The van der Waals surface area contributed by atoms with E-state index in [1.165, 1.54) is 29.2 Å². The van der Waals surface area contributed by atoms with Crippen LogP contribution < -0.4 is 25.2 Å². The molecule has 5 fully saturated rings. The summed E-state index contributed by atoms with van der Waals surface area (Å²) in [5.74, 6) is 2.20. The second kappa shape index (κ2) is 24.3. The van der Waals surface area contributed by atoms with E-state index in [1.807, 2.05) is 63.5 Å². The van der Waals surface area contributed by atoms with Crippen molar-refractivity contribution < 1.29 is 37.8 Å². The summed E-state index contributed by atoms with van der Waals surface area (Å²) < 4.78 is 44.5. The number of likely N-dealkylation sites (tertiary alicyclic amines) is 2. The lowest BCUT2D eigenvalue weighted by atomic mass is 9.91. The van der Waals surface area contributed by atoms with Gasteiger partial charge in [0.15, 0.2) is 17.4 Å². The summed E-state index contributed by atoms with van der Waals surface area (Å²) in [6, 6.07) is 14.6. The highest BCUT2D eigenvalue weighted by molar-refractivity contribution is 7.13. The highest BCUT2D eigenvalue weighted by Crippen LogP contribution is 2.40. The van der Waals surface area contributed by atoms with Crippen LogP contribution in [0, 0.1) is 48.7 Å². The molecular formula is C63H72F2N12O6S. The number of aliphatic hydroxyl groups is 1. The van der Waals surface area contributed by atoms with E-state index in [2.05, 4.69) is 56.3 Å². The topological polar surface area (TPSA) is 202 Å². The summed E-state index contributed by atoms with van der Waals surface area (Å²) in [6.45, 7) is 17.2. The van der Waals surface area contributed by atoms with Gasteiger partial charge in [-0.3, -0.25) is 24.4 Å². The van der Waals surface area contributed by atoms with Gasteiger partial charge in [0.25, 0.3) is 0 Å². The van der Waals surface area contributed by atoms with Crippen molar-refractivity contribution in [2.45, 2.75) is 89.9 Å². The first-order chi connectivity index (χ1) is 40.7. The largest absolute Gasteiger partial charge is 0.508 e. The van der Waals surface area contributed by atoms with Gasteiger partial charge >= 0.3 is 6.01 Å². The van der Waals surface area contributed by atoms with Gasteiger partial charge in [0.1, 0.15) is 47.2 Å². The molecule has 3 aromatic carbocycles. The number of amides is 2. The number of thiazole rings is 1. The van der Waals surface area contributed by atoms with Gasteiger partial charge in [-0.15, -0.1) is 17.8 Å². The molecule has 6 atom stereocenters. The van der Waals surface area contributed by atoms with Crippen LogP contribution in [-0.4, -0.2) is 165 Å². The monoisotopic (exact) mass is 1160 g/mol. The number of benzene rings is 3. The number of β-amino-alcohol motifs (C(OH)–C–C–N with tert-alkyl or cyclic N) is 1. The smallest absolute Gasteiger partial charge is 0.319 e. The Morgan fingerprint density at radius 2 is 1.74 bits per heavy atom. The van der Waals surface area contributed by atoms with Gasteiger partial charge in [-0.05, 0) is 112 Å². The molecule has 9 heterocycles. The summed E-state index contributed by atoms with van der Waals surface area (Å²) in [4.78, 5) is 58.7. The molecule has 5 aliphatic rings. The first-order valence-electron chi connectivity index (χ1n) is 29.5. The molecule has 0 radical (unpaired) electrons. The third-order valence-corrected chi connectivity index (χ3v) is 18.9. The van der Waals surface area contributed by atoms with Crippen molar-refractivity contribution in [1.29, 1.82) is 0 Å². The van der Waals surface area contributed by atoms with Gasteiger partial charge in [0.05, 0.1) is 39.2 Å². The van der Waals surface area contributed by atoms with Crippen molar-refractivity contribution >= 4 is 56.5 Å². The molecule has 2 unspecified atom stereocenters. The number of aryl methyl sites for hydroxylation is 1. The van der Waals surface area contributed by atoms with E-state index in [9.17, 15) is 19.8 Å². The van der Waals surface area contributed by atoms with E-state index < -0.39 is 29.7 Å². The Morgan fingerprint density at radius 3 is 2.49 bits per heavy atom. The summed E-state index contributed by atoms with van der Waals surface area (Å²) >= 11 is 1.59. The second-order valence-corrected chi connectivity index (χ2v) is 24.7. The number of carbonyl (C=O) groups is 2. The maximum absolute atomic E-state index is 17.2. The minimum Gasteiger partial charge on any atom is -0.508 e. The SMILES string of the molecule is C#Cc1c(F)ccc2cc(O)cc(-c3ncc4c(N5CCC6CNC(C6)C5)nc(OCCN5CCC(CN6CCN(c7cc([C@H](C(=O)N8C[C@H](O)C[C@H]8C(=O)N[C@@H](C)c8ccc(-c9scnc9C)cc8)C(C)C)on7)CC6)CC5)nc4c3F)c12. The lowest BCUT2D eigenvalue weighted by Crippen LogP contribution is -2.49. The zero-order valence-electron chi connectivity index (χ0n) is 47.9. The average molecular weight is 1160 g/mol. The number of piperidine rings is 1. The molecule has 4 aromatic heterocycles. The zero-order valence-corrected chi connectivity index (χ0v) is 48.8. The number of aromatic nitrogens is 5. The molecule has 0 saturated carbocycles. The van der Waals surface area contributed by atoms with Gasteiger partial charge in [0, 0.05) is 94.6 Å². The van der Waals surface area contributed by atoms with Crippen LogP contribution in [-0.2, 0) is 9.59 Å². The molecule has 84 heavy (non-hydrogen) atoms. The summed E-state index contributed by atoms with van der Waals surface area (Å²) in [5.41, 5.74) is 4.80. The molecule has 0 aliphatic carbocycles. The van der Waals surface area contributed by atoms with Crippen LogP contribution in [0.15, 0.2) is 70.8 Å². The van der Waals surface area contributed by atoms with Crippen molar-refractivity contribution in [2.24, 2.45) is 17.8 Å². The number of fused-ring (bicyclic) bond motifs is 4. The molecule has 0 spiro atoms. The summed E-state index contributed by atoms with van der Waals surface area (Å²) in [5, 5.41) is 33.9. The number of nitrogens with one attached hydrogen (secondary N) is 2. The van der Waals surface area contributed by atoms with Crippen LogP contribution in [0.4, 0.5) is 20.4 Å². The molecular weight excluding hydrogens is 1090 g/mol. The van der Waals surface area contributed by atoms with E-state index in [4.69, 9.17) is 20.7 Å². The number of aliphatic hydroxyl groups excluding tert-OH is 1. The van der Waals surface area contributed by atoms with E-state index in [0.717, 1.165) is 106 Å². The lowest BCUT2D eigenvalue weighted by Gasteiger charge is -2.38. The number of phenolic OH excluding ortho intramolecular Hbond substituents is 1. The third-order valence-electron chi connectivity index (χ3n) is 17.9. The molecule has 4 N–H and O–H groups in total.